The number of benzene rings is 5. The molecule has 0 bridgehead atoms. The van der Waals surface area contributed by atoms with Crippen LogP contribution in [0, 0.1) is 10.1 Å². The number of non-ortho nitro benzene ring substituents is 1. The zero-order valence-corrected chi connectivity index (χ0v) is 25.5. The lowest BCUT2D eigenvalue weighted by Crippen LogP contribution is -2.74. The number of hydrogen-bond acceptors (Lipinski definition) is 4. The van der Waals surface area contributed by atoms with Crippen molar-refractivity contribution in [3.05, 3.63) is 192 Å². The van der Waals surface area contributed by atoms with Crippen LogP contribution in [0.3, 0.4) is 0 Å². The van der Waals surface area contributed by atoms with E-state index in [1.165, 1.54) is 46.1 Å². The summed E-state index contributed by atoms with van der Waals surface area (Å²) < 4.78 is 7.10. The largest absolute Gasteiger partial charge is 0.462 e. The Balaban J connectivity index is 0.000000184. The summed E-state index contributed by atoms with van der Waals surface area (Å²) in [6.07, 6.45) is 3.33. The molecule has 0 spiro atoms. The van der Waals surface area contributed by atoms with Gasteiger partial charge in [-0.05, 0) is 6.07 Å². The van der Waals surface area contributed by atoms with Gasteiger partial charge in [0.15, 0.2) is 18.9 Å². The fraction of sp³-hybridized carbons (Fsp3) is 0.0769. The molecule has 6 rings (SSSR count). The van der Waals surface area contributed by atoms with Gasteiger partial charge >= 0.3 is 5.97 Å². The van der Waals surface area contributed by atoms with Crippen LogP contribution in [0.1, 0.15) is 16.8 Å². The van der Waals surface area contributed by atoms with E-state index in [4.69, 9.17) is 4.74 Å². The Kier molecular flexibility index (Phi) is 10.8. The Morgan fingerprint density at radius 3 is 1.48 bits per heavy atom. The van der Waals surface area contributed by atoms with Crippen molar-refractivity contribution < 1.29 is 19.0 Å². The Bertz CT molecular complexity index is 1660. The van der Waals surface area contributed by atoms with Gasteiger partial charge in [-0.3, -0.25) is 10.1 Å². The smallest absolute Gasteiger partial charge is 0.338 e. The number of nitrogens with zero attached hydrogens (tertiary/aromatic N) is 2. The lowest BCUT2D eigenvalue weighted by atomic mass is 9.13. The Morgan fingerprint density at radius 1 is 0.609 bits per heavy atom. The van der Waals surface area contributed by atoms with Crippen LogP contribution in [0.25, 0.3) is 0 Å². The molecule has 228 valence electrons. The van der Waals surface area contributed by atoms with E-state index < -0.39 is 17.0 Å². The van der Waals surface area contributed by atoms with Gasteiger partial charge in [-0.1, -0.05) is 133 Å². The van der Waals surface area contributed by atoms with Crippen LogP contribution < -0.4 is 26.4 Å². The summed E-state index contributed by atoms with van der Waals surface area (Å²) in [5.74, 6) is -0.545. The summed E-state index contributed by atoms with van der Waals surface area (Å²) in [5, 5.41) is 10.6. The van der Waals surface area contributed by atoms with E-state index in [9.17, 15) is 14.9 Å². The van der Waals surface area contributed by atoms with Gasteiger partial charge in [0.05, 0.1) is 17.1 Å². The highest BCUT2D eigenvalue weighted by molar-refractivity contribution is 7.19. The van der Waals surface area contributed by atoms with Crippen molar-refractivity contribution in [3.8, 4) is 0 Å². The Labute approximate surface area is 269 Å². The summed E-state index contributed by atoms with van der Waals surface area (Å²) in [6, 6.07) is 54.8. The molecule has 0 atom stereocenters. The average Bonchev–Trinajstić information content (AvgIpc) is 3.13. The lowest BCUT2D eigenvalue weighted by Gasteiger charge is -2.44. The quantitative estimate of drug-likeness (QED) is 0.0538. The minimum absolute atomic E-state index is 0.121. The lowest BCUT2D eigenvalue weighted by molar-refractivity contribution is -0.697. The summed E-state index contributed by atoms with van der Waals surface area (Å²) >= 11 is 0. The second-order valence-electron chi connectivity index (χ2n) is 10.9. The monoisotopic (exact) mass is 606 g/mol. The van der Waals surface area contributed by atoms with Crippen molar-refractivity contribution in [2.75, 3.05) is 6.61 Å². The molecule has 0 amide bonds. The maximum atomic E-state index is 11.8. The minimum Gasteiger partial charge on any atom is -0.462 e. The standard InChI is InChI=1S/C24H20B.C15H15N2O4/c1-5-13-21(14-6-1)25(22-15-7-2-8-16-22,23-17-9-3-10-18-23)24-19-11-4-12-20-24;18-15(13-6-4-7-14(12-13)17(19)20)21-11-5-10-16-8-2-1-3-9-16/h1-20H;1-4,6-9,12H,5,10-11H2/q-1;+1. The van der Waals surface area contributed by atoms with E-state index in [2.05, 4.69) is 121 Å². The molecule has 0 saturated heterocycles. The summed E-state index contributed by atoms with van der Waals surface area (Å²) in [7, 11) is 0. The van der Waals surface area contributed by atoms with E-state index in [-0.39, 0.29) is 17.9 Å². The fourth-order valence-corrected chi connectivity index (χ4v) is 5.95. The predicted octanol–water partition coefficient (Wildman–Crippen LogP) is 5.19. The first-order valence-electron chi connectivity index (χ1n) is 15.3. The van der Waals surface area contributed by atoms with Gasteiger partial charge in [0.25, 0.3) is 5.69 Å². The summed E-state index contributed by atoms with van der Waals surface area (Å²) in [5.41, 5.74) is 5.43. The summed E-state index contributed by atoms with van der Waals surface area (Å²) in [4.78, 5) is 21.9. The van der Waals surface area contributed by atoms with E-state index in [1.54, 1.807) is 0 Å². The van der Waals surface area contributed by atoms with Crippen LogP contribution in [0.4, 0.5) is 5.69 Å². The number of rotatable bonds is 10. The molecule has 0 aliphatic heterocycles. The zero-order chi connectivity index (χ0) is 32.0. The van der Waals surface area contributed by atoms with Crippen molar-refractivity contribution >= 4 is 39.7 Å². The molecule has 46 heavy (non-hydrogen) atoms. The highest BCUT2D eigenvalue weighted by Gasteiger charge is 2.31. The molecule has 0 aliphatic carbocycles. The molecule has 0 aliphatic rings. The van der Waals surface area contributed by atoms with Crippen LogP contribution in [-0.4, -0.2) is 23.6 Å². The number of aromatic nitrogens is 1. The Morgan fingerprint density at radius 2 is 1.04 bits per heavy atom. The molecule has 1 heterocycles. The van der Waals surface area contributed by atoms with Crippen LogP contribution in [0.2, 0.25) is 0 Å². The van der Waals surface area contributed by atoms with Crippen molar-refractivity contribution in [2.24, 2.45) is 0 Å². The van der Waals surface area contributed by atoms with Gasteiger partial charge in [0.2, 0.25) is 0 Å². The average molecular weight is 607 g/mol. The van der Waals surface area contributed by atoms with Gasteiger partial charge in [0.1, 0.15) is 6.15 Å². The van der Waals surface area contributed by atoms with E-state index >= 15 is 0 Å². The topological polar surface area (TPSA) is 73.3 Å². The highest BCUT2D eigenvalue weighted by atomic mass is 16.6. The van der Waals surface area contributed by atoms with E-state index in [1.807, 2.05) is 35.2 Å². The van der Waals surface area contributed by atoms with Gasteiger partial charge < -0.3 is 4.74 Å². The van der Waals surface area contributed by atoms with Crippen LogP contribution in [0.15, 0.2) is 176 Å². The first kappa shape index (κ1) is 31.6. The molecular formula is C39H35BN2O4. The third kappa shape index (κ3) is 7.63. The van der Waals surface area contributed by atoms with E-state index in [0.717, 1.165) is 6.54 Å². The number of carbonyl (C=O) groups is 1. The number of esters is 1. The third-order valence-electron chi connectivity index (χ3n) is 8.06. The van der Waals surface area contributed by atoms with Crippen molar-refractivity contribution in [3.63, 3.8) is 0 Å². The van der Waals surface area contributed by atoms with Gasteiger partial charge in [-0.2, -0.15) is 21.9 Å². The molecule has 1 aromatic heterocycles. The number of pyridine rings is 1. The van der Waals surface area contributed by atoms with Crippen LogP contribution >= 0.6 is 0 Å². The number of ether oxygens (including phenoxy) is 1. The second-order valence-corrected chi connectivity index (χ2v) is 10.9. The maximum Gasteiger partial charge on any atom is 0.338 e. The SMILES string of the molecule is O=C(OCCC[n+]1ccccc1)c1cccc([N+](=O)[O-])c1.c1ccc([B-](c2ccccc2)(c2ccccc2)c2ccccc2)cc1. The molecule has 0 fully saturated rings. The molecule has 6 nitrogen and oxygen atoms in total. The fourth-order valence-electron chi connectivity index (χ4n) is 5.95. The Hall–Kier alpha value is -5.82. The molecule has 0 saturated carbocycles. The van der Waals surface area contributed by atoms with Crippen LogP contribution in [-0.2, 0) is 11.3 Å². The molecule has 0 unspecified atom stereocenters. The molecule has 7 heteroatoms. The molecular weight excluding hydrogens is 571 g/mol. The third-order valence-corrected chi connectivity index (χ3v) is 8.06. The second kappa shape index (κ2) is 15.8. The minimum atomic E-state index is -1.22. The normalized spacial score (nSPS) is 10.7. The van der Waals surface area contributed by atoms with Gasteiger partial charge in [-0.15, -0.1) is 0 Å². The predicted molar refractivity (Wildman–Crippen MR) is 185 cm³/mol. The zero-order valence-electron chi connectivity index (χ0n) is 25.5. The van der Waals surface area contributed by atoms with Crippen molar-refractivity contribution in [2.45, 2.75) is 13.0 Å². The molecule has 6 aromatic rings. The maximum absolute atomic E-state index is 11.8. The highest BCUT2D eigenvalue weighted by Crippen LogP contribution is 2.14. The molecule has 5 aromatic carbocycles. The number of carbonyl (C=O) groups excluding carboxylic acids is 1. The van der Waals surface area contributed by atoms with Gasteiger partial charge in [0, 0.05) is 30.7 Å². The number of nitro benzene ring substituents is 1. The van der Waals surface area contributed by atoms with Crippen molar-refractivity contribution in [1.82, 2.24) is 0 Å². The summed E-state index contributed by atoms with van der Waals surface area (Å²) in [6.45, 7) is 1.01. The molecule has 0 radical (unpaired) electrons. The first-order chi connectivity index (χ1) is 22.6. The number of nitro groups is 1. The number of hydrogen-bond donors (Lipinski definition) is 0. The van der Waals surface area contributed by atoms with Crippen molar-refractivity contribution in [1.29, 1.82) is 0 Å². The number of aryl methyl sites for hydroxylation is 1. The van der Waals surface area contributed by atoms with Gasteiger partial charge in [-0.25, -0.2) is 9.36 Å². The van der Waals surface area contributed by atoms with Crippen LogP contribution in [0.5, 0.6) is 0 Å². The first-order valence-corrected chi connectivity index (χ1v) is 15.3. The molecule has 0 N–H and O–H groups in total. The van der Waals surface area contributed by atoms with E-state index in [0.29, 0.717) is 6.42 Å².